The monoisotopic (exact) mass is 654 g/mol. The first-order chi connectivity index (χ1) is 17.2. The number of halogens is 3. The molecule has 4 rings (SSSR count). The van der Waals surface area contributed by atoms with Gasteiger partial charge in [-0.1, -0.05) is 38.9 Å². The van der Waals surface area contributed by atoms with E-state index in [4.69, 9.17) is 25.8 Å². The average Bonchev–Trinajstić information content (AvgIpc) is 3.14. The number of fused-ring (bicyclic) bond motifs is 1. The molecule has 0 bridgehead atoms. The standard InChI is InChI=1S/C25H21Br2ClN2O5S/c1-5-35-22-13(8-14(26)10-17(22)27)9-19-23(31)30-21(16-11-15(28)6-7-18(16)33-3)20(24(32)34-4)12(2)29-25(30)36-19/h6-11,21H,5H2,1-4H3/b19-9-/t21-/m0/s1. The molecule has 0 saturated heterocycles. The van der Waals surface area contributed by atoms with E-state index >= 15 is 0 Å². The summed E-state index contributed by atoms with van der Waals surface area (Å²) in [6.45, 7) is 4.06. The minimum Gasteiger partial charge on any atom is -0.496 e. The third-order valence-electron chi connectivity index (χ3n) is 5.53. The molecule has 2 heterocycles. The van der Waals surface area contributed by atoms with Crippen molar-refractivity contribution in [1.82, 2.24) is 4.57 Å². The van der Waals surface area contributed by atoms with Crippen LogP contribution in [-0.2, 0) is 9.53 Å². The zero-order valence-electron chi connectivity index (χ0n) is 19.7. The first-order valence-electron chi connectivity index (χ1n) is 10.8. The molecule has 3 aromatic rings. The first-order valence-corrected chi connectivity index (χ1v) is 13.5. The Morgan fingerprint density at radius 1 is 1.25 bits per heavy atom. The van der Waals surface area contributed by atoms with E-state index in [9.17, 15) is 9.59 Å². The molecular weight excluding hydrogens is 636 g/mol. The third-order valence-corrected chi connectivity index (χ3v) is 7.79. The van der Waals surface area contributed by atoms with Gasteiger partial charge in [0.25, 0.3) is 5.56 Å². The summed E-state index contributed by atoms with van der Waals surface area (Å²) in [4.78, 5) is 31.8. The summed E-state index contributed by atoms with van der Waals surface area (Å²) < 4.78 is 19.9. The second-order valence-corrected chi connectivity index (χ2v) is 10.9. The van der Waals surface area contributed by atoms with Crippen molar-refractivity contribution in [2.75, 3.05) is 20.8 Å². The summed E-state index contributed by atoms with van der Waals surface area (Å²) in [5.74, 6) is 0.503. The van der Waals surface area contributed by atoms with Crippen molar-refractivity contribution in [2.24, 2.45) is 4.99 Å². The molecule has 0 aliphatic carbocycles. The topological polar surface area (TPSA) is 79.1 Å². The van der Waals surface area contributed by atoms with Gasteiger partial charge >= 0.3 is 5.97 Å². The maximum Gasteiger partial charge on any atom is 0.338 e. The Morgan fingerprint density at radius 3 is 2.67 bits per heavy atom. The summed E-state index contributed by atoms with van der Waals surface area (Å²) in [6, 6.07) is 7.97. The number of allylic oxidation sites excluding steroid dienone is 1. The summed E-state index contributed by atoms with van der Waals surface area (Å²) in [5, 5.41) is 0.437. The van der Waals surface area contributed by atoms with Gasteiger partial charge in [-0.3, -0.25) is 9.36 Å². The van der Waals surface area contributed by atoms with Crippen molar-refractivity contribution < 1.29 is 19.0 Å². The van der Waals surface area contributed by atoms with E-state index in [0.717, 1.165) is 8.95 Å². The van der Waals surface area contributed by atoms with Crippen LogP contribution in [0.2, 0.25) is 5.02 Å². The molecule has 1 aliphatic rings. The van der Waals surface area contributed by atoms with Gasteiger partial charge in [0.2, 0.25) is 0 Å². The van der Waals surface area contributed by atoms with Gasteiger partial charge in [-0.15, -0.1) is 0 Å². The Kier molecular flexibility index (Phi) is 8.09. The number of ether oxygens (including phenoxy) is 3. The number of carbonyl (C=O) groups is 1. The number of esters is 1. The van der Waals surface area contributed by atoms with Gasteiger partial charge < -0.3 is 14.2 Å². The summed E-state index contributed by atoms with van der Waals surface area (Å²) in [5.41, 5.74) is 1.62. The highest BCUT2D eigenvalue weighted by atomic mass is 79.9. The molecule has 188 valence electrons. The van der Waals surface area contributed by atoms with Crippen molar-refractivity contribution in [1.29, 1.82) is 0 Å². The van der Waals surface area contributed by atoms with E-state index in [0.29, 0.717) is 49.3 Å². The number of carbonyl (C=O) groups excluding carboxylic acids is 1. The minimum absolute atomic E-state index is 0.234. The van der Waals surface area contributed by atoms with Crippen LogP contribution in [0.4, 0.5) is 0 Å². The Labute approximate surface area is 232 Å². The normalized spacial score (nSPS) is 15.4. The molecule has 0 spiro atoms. The van der Waals surface area contributed by atoms with Crippen molar-refractivity contribution in [3.63, 3.8) is 0 Å². The Bertz CT molecular complexity index is 1580. The molecule has 1 aromatic heterocycles. The zero-order chi connectivity index (χ0) is 26.1. The molecule has 36 heavy (non-hydrogen) atoms. The fraction of sp³-hybridized carbons (Fsp3) is 0.240. The smallest absolute Gasteiger partial charge is 0.338 e. The van der Waals surface area contributed by atoms with E-state index in [1.54, 1.807) is 31.2 Å². The van der Waals surface area contributed by atoms with Gasteiger partial charge in [-0.25, -0.2) is 9.79 Å². The number of nitrogens with zero attached hydrogens (tertiary/aromatic N) is 2. The lowest BCUT2D eigenvalue weighted by Gasteiger charge is -2.25. The van der Waals surface area contributed by atoms with Crippen LogP contribution in [-0.4, -0.2) is 31.4 Å². The molecule has 0 fully saturated rings. The van der Waals surface area contributed by atoms with E-state index in [1.807, 2.05) is 19.1 Å². The number of thiazole rings is 1. The van der Waals surface area contributed by atoms with Crippen molar-refractivity contribution >= 4 is 66.8 Å². The largest absolute Gasteiger partial charge is 0.496 e. The maximum atomic E-state index is 13.9. The van der Waals surface area contributed by atoms with Crippen molar-refractivity contribution in [2.45, 2.75) is 19.9 Å². The number of aromatic nitrogens is 1. The van der Waals surface area contributed by atoms with E-state index in [1.165, 1.54) is 30.1 Å². The number of benzene rings is 2. The number of hydrogen-bond acceptors (Lipinski definition) is 7. The maximum absolute atomic E-state index is 13.9. The lowest BCUT2D eigenvalue weighted by atomic mass is 9.95. The van der Waals surface area contributed by atoms with Crippen molar-refractivity contribution in [3.05, 3.63) is 86.4 Å². The van der Waals surface area contributed by atoms with Gasteiger partial charge in [0.1, 0.15) is 17.5 Å². The van der Waals surface area contributed by atoms with Gasteiger partial charge in [0, 0.05) is 20.6 Å². The Hall–Kier alpha value is -2.40. The van der Waals surface area contributed by atoms with Gasteiger partial charge in [-0.05, 0) is 66.2 Å². The van der Waals surface area contributed by atoms with Crippen LogP contribution in [0, 0.1) is 0 Å². The highest BCUT2D eigenvalue weighted by Gasteiger charge is 2.35. The molecular formula is C25H21Br2ClN2O5S. The quantitative estimate of drug-likeness (QED) is 0.350. The van der Waals surface area contributed by atoms with E-state index in [2.05, 4.69) is 36.9 Å². The molecule has 1 atom stereocenters. The minimum atomic E-state index is -0.842. The summed E-state index contributed by atoms with van der Waals surface area (Å²) in [7, 11) is 2.81. The predicted molar refractivity (Wildman–Crippen MR) is 147 cm³/mol. The molecule has 2 aromatic carbocycles. The second kappa shape index (κ2) is 10.9. The summed E-state index contributed by atoms with van der Waals surface area (Å²) >= 11 is 14.6. The molecule has 11 heteroatoms. The van der Waals surface area contributed by atoms with Gasteiger partial charge in [-0.2, -0.15) is 0 Å². The SMILES string of the molecule is CCOc1c(Br)cc(Br)cc1/C=c1\sc2n(c1=O)[C@@H](c1cc(Cl)ccc1OC)C(C(=O)OC)=C(C)N=2. The van der Waals surface area contributed by atoms with E-state index < -0.39 is 12.0 Å². The molecule has 0 amide bonds. The second-order valence-electron chi connectivity index (χ2n) is 7.70. The third kappa shape index (κ3) is 4.91. The molecule has 0 radical (unpaired) electrons. The Morgan fingerprint density at radius 2 is 2.00 bits per heavy atom. The van der Waals surface area contributed by atoms with Crippen LogP contribution < -0.4 is 24.4 Å². The van der Waals surface area contributed by atoms with Crippen molar-refractivity contribution in [3.8, 4) is 11.5 Å². The van der Waals surface area contributed by atoms with Crippen LogP contribution in [0.3, 0.4) is 0 Å². The molecule has 1 aliphatic heterocycles. The van der Waals surface area contributed by atoms with Crippen LogP contribution in [0.15, 0.2) is 60.3 Å². The fourth-order valence-corrected chi connectivity index (χ4v) is 6.62. The highest BCUT2D eigenvalue weighted by molar-refractivity contribution is 9.11. The Balaban J connectivity index is 2.04. The molecule has 0 unspecified atom stereocenters. The number of methoxy groups -OCH3 is 2. The molecule has 0 saturated carbocycles. The lowest BCUT2D eigenvalue weighted by Crippen LogP contribution is -2.40. The zero-order valence-corrected chi connectivity index (χ0v) is 24.5. The number of hydrogen-bond donors (Lipinski definition) is 0. The lowest BCUT2D eigenvalue weighted by molar-refractivity contribution is -0.136. The number of rotatable bonds is 6. The predicted octanol–water partition coefficient (Wildman–Crippen LogP) is 4.99. The van der Waals surface area contributed by atoms with E-state index in [-0.39, 0.29) is 11.1 Å². The first kappa shape index (κ1) is 26.7. The van der Waals surface area contributed by atoms with Gasteiger partial charge in [0.15, 0.2) is 4.80 Å². The molecule has 0 N–H and O–H groups in total. The fourth-order valence-electron chi connectivity index (χ4n) is 4.03. The van der Waals surface area contributed by atoms with Crippen LogP contribution in [0.1, 0.15) is 31.0 Å². The summed E-state index contributed by atoms with van der Waals surface area (Å²) in [6.07, 6.45) is 1.76. The molecule has 7 nitrogen and oxygen atoms in total. The van der Waals surface area contributed by atoms with Crippen LogP contribution >= 0.6 is 54.8 Å². The van der Waals surface area contributed by atoms with Crippen LogP contribution in [0.25, 0.3) is 6.08 Å². The van der Waals surface area contributed by atoms with Crippen LogP contribution in [0.5, 0.6) is 11.5 Å². The highest BCUT2D eigenvalue weighted by Crippen LogP contribution is 2.37. The van der Waals surface area contributed by atoms with Gasteiger partial charge in [0.05, 0.1) is 41.1 Å². The average molecular weight is 657 g/mol.